The molecule has 2 aliphatic rings. The number of aromatic carboxylic acids is 1. The molecule has 0 saturated carbocycles. The van der Waals surface area contributed by atoms with Crippen molar-refractivity contribution in [1.29, 1.82) is 0 Å². The van der Waals surface area contributed by atoms with Gasteiger partial charge in [0.25, 0.3) is 0 Å². The molecule has 6 heteroatoms. The van der Waals surface area contributed by atoms with Crippen molar-refractivity contribution in [2.75, 3.05) is 26.9 Å². The van der Waals surface area contributed by atoms with E-state index in [4.69, 9.17) is 9.47 Å². The van der Waals surface area contributed by atoms with Crippen LogP contribution in [0.15, 0.2) is 42.6 Å². The van der Waals surface area contributed by atoms with E-state index in [1.807, 2.05) is 18.3 Å². The molecular formula is C26H30N2O4. The Balaban J connectivity index is 1.49. The van der Waals surface area contributed by atoms with E-state index >= 15 is 0 Å². The van der Waals surface area contributed by atoms with Gasteiger partial charge in [0.2, 0.25) is 0 Å². The average Bonchev–Trinajstić information content (AvgIpc) is 3.26. The van der Waals surface area contributed by atoms with Gasteiger partial charge in [0, 0.05) is 41.2 Å². The van der Waals surface area contributed by atoms with Crippen molar-refractivity contribution in [2.24, 2.45) is 11.8 Å². The molecule has 0 spiro atoms. The lowest BCUT2D eigenvalue weighted by molar-refractivity contribution is -0.0800. The number of rotatable bonds is 6. The van der Waals surface area contributed by atoms with Gasteiger partial charge in [-0.25, -0.2) is 4.79 Å². The van der Waals surface area contributed by atoms with Crippen molar-refractivity contribution in [3.8, 4) is 5.75 Å². The monoisotopic (exact) mass is 434 g/mol. The number of ether oxygens (including phenoxy) is 2. The maximum atomic E-state index is 11.3. The van der Waals surface area contributed by atoms with Crippen LogP contribution in [0.25, 0.3) is 10.9 Å². The molecule has 2 atom stereocenters. The molecule has 2 aromatic carbocycles. The van der Waals surface area contributed by atoms with Gasteiger partial charge < -0.3 is 19.6 Å². The Hall–Kier alpha value is -2.83. The third-order valence-electron chi connectivity index (χ3n) is 7.32. The summed E-state index contributed by atoms with van der Waals surface area (Å²) in [7, 11) is 1.74. The maximum absolute atomic E-state index is 11.3. The van der Waals surface area contributed by atoms with Crippen LogP contribution in [0.5, 0.6) is 5.75 Å². The zero-order valence-corrected chi connectivity index (χ0v) is 18.6. The van der Waals surface area contributed by atoms with Gasteiger partial charge in [-0.15, -0.1) is 0 Å². The fourth-order valence-corrected chi connectivity index (χ4v) is 5.36. The predicted octanol–water partition coefficient (Wildman–Crippen LogP) is 4.78. The number of fused-ring (bicyclic) bond motifs is 1. The largest absolute Gasteiger partial charge is 0.496 e. The van der Waals surface area contributed by atoms with Gasteiger partial charge in [0.15, 0.2) is 0 Å². The van der Waals surface area contributed by atoms with Crippen LogP contribution in [-0.2, 0) is 11.3 Å². The first-order valence-corrected chi connectivity index (χ1v) is 11.3. The Bertz CT molecular complexity index is 1120. The standard InChI is InChI=1S/C26H30N2O4/c1-16-11-24(31-2)22(21-7-9-27-25(16)21)13-28-10-8-19(20-14-32-15-20)12-23(28)17-3-5-18(6-4-17)26(29)30/h3-7,9,11,19-20,23,27H,8,10,12-15H2,1-2H3,(H,29,30)/t19-,23+/m0/s1. The number of methoxy groups -OCH3 is 1. The highest BCUT2D eigenvalue weighted by molar-refractivity contribution is 5.88. The number of nitrogens with one attached hydrogen (secondary N) is 1. The fourth-order valence-electron chi connectivity index (χ4n) is 5.36. The van der Waals surface area contributed by atoms with Crippen LogP contribution >= 0.6 is 0 Å². The molecule has 0 amide bonds. The molecule has 5 rings (SSSR count). The molecule has 6 nitrogen and oxygen atoms in total. The van der Waals surface area contributed by atoms with E-state index in [0.29, 0.717) is 17.4 Å². The Kier molecular flexibility index (Phi) is 5.66. The van der Waals surface area contributed by atoms with Gasteiger partial charge in [0.1, 0.15) is 5.75 Å². The van der Waals surface area contributed by atoms with Crippen molar-refractivity contribution in [2.45, 2.75) is 32.4 Å². The molecule has 0 aliphatic carbocycles. The van der Waals surface area contributed by atoms with Crippen LogP contribution in [0.4, 0.5) is 0 Å². The number of aromatic nitrogens is 1. The lowest BCUT2D eigenvalue weighted by Gasteiger charge is -2.44. The van der Waals surface area contributed by atoms with Crippen LogP contribution in [0.3, 0.4) is 0 Å². The number of H-pyrrole nitrogens is 1. The third-order valence-corrected chi connectivity index (χ3v) is 7.32. The smallest absolute Gasteiger partial charge is 0.335 e. The SMILES string of the molecule is COc1cc(C)c2[nH]ccc2c1CN1CC[C@H](C2COC2)C[C@@H]1c1ccc(C(=O)O)cc1. The summed E-state index contributed by atoms with van der Waals surface area (Å²) in [4.78, 5) is 17.2. The minimum absolute atomic E-state index is 0.234. The molecular weight excluding hydrogens is 404 g/mol. The Labute approximate surface area is 188 Å². The first-order valence-electron chi connectivity index (χ1n) is 11.3. The summed E-state index contributed by atoms with van der Waals surface area (Å²) in [6.07, 6.45) is 4.21. The number of aromatic amines is 1. The number of carboxylic acid groups (broad SMARTS) is 1. The number of carboxylic acids is 1. The lowest BCUT2D eigenvalue weighted by Crippen LogP contribution is -2.43. The molecule has 2 saturated heterocycles. The number of hydrogen-bond acceptors (Lipinski definition) is 4. The van der Waals surface area contributed by atoms with Gasteiger partial charge in [0.05, 0.1) is 25.9 Å². The number of likely N-dealkylation sites (tertiary alicyclic amines) is 1. The Morgan fingerprint density at radius 1 is 1.22 bits per heavy atom. The molecule has 32 heavy (non-hydrogen) atoms. The number of carbonyl (C=O) groups is 1. The second-order valence-electron chi connectivity index (χ2n) is 9.14. The van der Waals surface area contributed by atoms with E-state index in [1.165, 1.54) is 22.1 Å². The summed E-state index contributed by atoms with van der Waals surface area (Å²) < 4.78 is 11.3. The van der Waals surface area contributed by atoms with E-state index in [9.17, 15) is 9.90 Å². The number of hydrogen-bond donors (Lipinski definition) is 2. The van der Waals surface area contributed by atoms with Crippen molar-refractivity contribution < 1.29 is 19.4 Å². The Morgan fingerprint density at radius 3 is 2.66 bits per heavy atom. The first kappa shape index (κ1) is 21.0. The lowest BCUT2D eigenvalue weighted by atomic mass is 9.78. The van der Waals surface area contributed by atoms with Crippen LogP contribution in [0.2, 0.25) is 0 Å². The first-order chi connectivity index (χ1) is 15.5. The highest BCUT2D eigenvalue weighted by atomic mass is 16.5. The summed E-state index contributed by atoms with van der Waals surface area (Å²) in [5.74, 6) is 1.31. The highest BCUT2D eigenvalue weighted by Gasteiger charge is 2.37. The molecule has 3 heterocycles. The topological polar surface area (TPSA) is 74.8 Å². The summed E-state index contributed by atoms with van der Waals surface area (Å²) in [6, 6.07) is 11.9. The molecule has 0 unspecified atom stereocenters. The van der Waals surface area contributed by atoms with Gasteiger partial charge in [-0.05, 0) is 67.6 Å². The average molecular weight is 435 g/mol. The molecule has 2 fully saturated rings. The fraction of sp³-hybridized carbons (Fsp3) is 0.423. The highest BCUT2D eigenvalue weighted by Crippen LogP contribution is 2.42. The van der Waals surface area contributed by atoms with Crippen molar-refractivity contribution in [3.05, 3.63) is 64.8 Å². The normalized spacial score (nSPS) is 22.1. The second-order valence-corrected chi connectivity index (χ2v) is 9.14. The summed E-state index contributed by atoms with van der Waals surface area (Å²) >= 11 is 0. The van der Waals surface area contributed by atoms with Crippen LogP contribution in [0, 0.1) is 18.8 Å². The number of aryl methyl sites for hydroxylation is 1. The number of benzene rings is 2. The van der Waals surface area contributed by atoms with Crippen LogP contribution < -0.4 is 4.74 Å². The van der Waals surface area contributed by atoms with Gasteiger partial charge >= 0.3 is 5.97 Å². The molecule has 168 valence electrons. The number of piperidine rings is 1. The van der Waals surface area contributed by atoms with E-state index in [0.717, 1.165) is 50.4 Å². The quantitative estimate of drug-likeness (QED) is 0.584. The molecule has 2 aliphatic heterocycles. The number of nitrogens with zero attached hydrogens (tertiary/aromatic N) is 1. The predicted molar refractivity (Wildman–Crippen MR) is 123 cm³/mol. The third kappa shape index (κ3) is 3.78. The zero-order valence-electron chi connectivity index (χ0n) is 18.6. The second kappa shape index (κ2) is 8.60. The summed E-state index contributed by atoms with van der Waals surface area (Å²) in [6.45, 7) is 5.62. The van der Waals surface area contributed by atoms with E-state index in [1.54, 1.807) is 19.2 Å². The Morgan fingerprint density at radius 2 is 2.00 bits per heavy atom. The van der Waals surface area contributed by atoms with E-state index in [2.05, 4.69) is 28.9 Å². The van der Waals surface area contributed by atoms with Gasteiger partial charge in [-0.1, -0.05) is 12.1 Å². The van der Waals surface area contributed by atoms with E-state index in [-0.39, 0.29) is 6.04 Å². The van der Waals surface area contributed by atoms with Gasteiger partial charge in [-0.2, -0.15) is 0 Å². The summed E-state index contributed by atoms with van der Waals surface area (Å²) in [5.41, 5.74) is 5.04. The molecule has 0 radical (unpaired) electrons. The van der Waals surface area contributed by atoms with Crippen LogP contribution in [-0.4, -0.2) is 47.8 Å². The summed E-state index contributed by atoms with van der Waals surface area (Å²) in [5, 5.41) is 10.5. The minimum Gasteiger partial charge on any atom is -0.496 e. The van der Waals surface area contributed by atoms with E-state index < -0.39 is 5.97 Å². The zero-order chi connectivity index (χ0) is 22.2. The molecule has 3 aromatic rings. The molecule has 2 N–H and O–H groups in total. The molecule has 1 aromatic heterocycles. The molecule has 0 bridgehead atoms. The maximum Gasteiger partial charge on any atom is 0.335 e. The minimum atomic E-state index is -0.888. The van der Waals surface area contributed by atoms with Crippen molar-refractivity contribution in [3.63, 3.8) is 0 Å². The van der Waals surface area contributed by atoms with Gasteiger partial charge in [-0.3, -0.25) is 4.90 Å². The van der Waals surface area contributed by atoms with Crippen molar-refractivity contribution in [1.82, 2.24) is 9.88 Å². The van der Waals surface area contributed by atoms with Crippen LogP contribution in [0.1, 0.15) is 45.9 Å². The van der Waals surface area contributed by atoms with Crippen molar-refractivity contribution >= 4 is 16.9 Å².